The van der Waals surface area contributed by atoms with Crippen LogP contribution in [0.5, 0.6) is 0 Å². The smallest absolute Gasteiger partial charge is 0.355 e. The zero-order valence-electron chi connectivity index (χ0n) is 11.8. The molecule has 0 unspecified atom stereocenters. The number of ether oxygens (including phenoxy) is 1. The van der Waals surface area contributed by atoms with E-state index in [-0.39, 0.29) is 17.1 Å². The van der Waals surface area contributed by atoms with Gasteiger partial charge >= 0.3 is 5.97 Å². The molecule has 2 amide bonds. The van der Waals surface area contributed by atoms with Crippen molar-refractivity contribution in [3.63, 3.8) is 0 Å². The average molecular weight is 318 g/mol. The molecule has 23 heavy (non-hydrogen) atoms. The van der Waals surface area contributed by atoms with Gasteiger partial charge in [0.15, 0.2) is 5.71 Å². The fraction of sp³-hybridized carbons (Fsp3) is 0.231. The number of nitrogens with one attached hydrogen (secondary N) is 1. The Morgan fingerprint density at radius 1 is 1.35 bits per heavy atom. The molecule has 118 valence electrons. The first kappa shape index (κ1) is 14.6. The van der Waals surface area contributed by atoms with Crippen molar-refractivity contribution in [1.82, 2.24) is 5.43 Å². The standard InChI is InChI=1S/C13H10N4O6/c1-23-13(20)10-8-9(14-15-10)12(19)16(11(8)18)6-4-2-3-5-7(6)17(21)22/h2-5,8-9,14H,1H3/t8-,9-/m1/s1. The number of benzene rings is 1. The van der Waals surface area contributed by atoms with Crippen molar-refractivity contribution < 1.29 is 24.0 Å². The number of hydrogen-bond donors (Lipinski definition) is 1. The van der Waals surface area contributed by atoms with Crippen molar-refractivity contribution in [2.24, 2.45) is 11.0 Å². The minimum absolute atomic E-state index is 0.145. The number of methoxy groups -OCH3 is 1. The van der Waals surface area contributed by atoms with Crippen molar-refractivity contribution >= 4 is 34.9 Å². The van der Waals surface area contributed by atoms with Gasteiger partial charge in [-0.15, -0.1) is 0 Å². The van der Waals surface area contributed by atoms with Gasteiger partial charge in [-0.3, -0.25) is 25.1 Å². The molecule has 1 aromatic rings. The highest BCUT2D eigenvalue weighted by Gasteiger charge is 2.56. The van der Waals surface area contributed by atoms with Crippen LogP contribution in [-0.2, 0) is 19.1 Å². The van der Waals surface area contributed by atoms with Gasteiger partial charge in [0, 0.05) is 6.07 Å². The average Bonchev–Trinajstić information content (AvgIpc) is 3.08. The number of para-hydroxylation sites is 2. The maximum Gasteiger partial charge on any atom is 0.355 e. The van der Waals surface area contributed by atoms with Crippen LogP contribution in [-0.4, -0.2) is 41.6 Å². The minimum Gasteiger partial charge on any atom is -0.464 e. The summed E-state index contributed by atoms with van der Waals surface area (Å²) in [6.45, 7) is 0. The monoisotopic (exact) mass is 318 g/mol. The van der Waals surface area contributed by atoms with E-state index in [0.717, 1.165) is 7.11 Å². The number of hydrogen-bond acceptors (Lipinski definition) is 8. The second-order valence-corrected chi connectivity index (χ2v) is 4.83. The van der Waals surface area contributed by atoms with E-state index in [4.69, 9.17) is 0 Å². The van der Waals surface area contributed by atoms with Crippen LogP contribution in [0.2, 0.25) is 0 Å². The van der Waals surface area contributed by atoms with Gasteiger partial charge in [0.1, 0.15) is 17.6 Å². The molecule has 0 radical (unpaired) electrons. The molecule has 10 nitrogen and oxygen atoms in total. The Morgan fingerprint density at radius 3 is 2.70 bits per heavy atom. The van der Waals surface area contributed by atoms with E-state index in [0.29, 0.717) is 4.90 Å². The number of carbonyl (C=O) groups is 3. The maximum absolute atomic E-state index is 12.6. The van der Waals surface area contributed by atoms with E-state index in [9.17, 15) is 24.5 Å². The summed E-state index contributed by atoms with van der Waals surface area (Å²) in [5.41, 5.74) is 1.66. The van der Waals surface area contributed by atoms with Crippen molar-refractivity contribution in [2.75, 3.05) is 12.0 Å². The summed E-state index contributed by atoms with van der Waals surface area (Å²) < 4.78 is 4.53. The van der Waals surface area contributed by atoms with Gasteiger partial charge in [0.25, 0.3) is 11.6 Å². The second-order valence-electron chi connectivity index (χ2n) is 4.83. The number of anilines is 1. The number of nitro groups is 1. The predicted octanol–water partition coefficient (Wildman–Crippen LogP) is -0.415. The number of amides is 2. The highest BCUT2D eigenvalue weighted by Crippen LogP contribution is 2.35. The first-order chi connectivity index (χ1) is 11.0. The van der Waals surface area contributed by atoms with Crippen molar-refractivity contribution in [2.45, 2.75) is 6.04 Å². The van der Waals surface area contributed by atoms with Crippen molar-refractivity contribution in [1.29, 1.82) is 0 Å². The molecule has 0 aromatic heterocycles. The van der Waals surface area contributed by atoms with E-state index in [1.165, 1.54) is 24.3 Å². The molecule has 0 bridgehead atoms. The molecule has 3 rings (SSSR count). The zero-order chi connectivity index (χ0) is 16.7. The topological polar surface area (TPSA) is 131 Å². The Kier molecular flexibility index (Phi) is 3.28. The maximum atomic E-state index is 12.6. The minimum atomic E-state index is -1.16. The molecule has 1 fully saturated rings. The molecular weight excluding hydrogens is 308 g/mol. The third-order valence-electron chi connectivity index (χ3n) is 3.64. The summed E-state index contributed by atoms with van der Waals surface area (Å²) in [5, 5.41) is 14.8. The largest absolute Gasteiger partial charge is 0.464 e. The Balaban J connectivity index is 2.03. The third kappa shape index (κ3) is 2.03. The van der Waals surface area contributed by atoms with Crippen LogP contribution in [0.3, 0.4) is 0 Å². The molecular formula is C13H10N4O6. The highest BCUT2D eigenvalue weighted by molar-refractivity contribution is 6.46. The van der Waals surface area contributed by atoms with Crippen molar-refractivity contribution in [3.8, 4) is 0 Å². The molecule has 1 N–H and O–H groups in total. The lowest BCUT2D eigenvalue weighted by molar-refractivity contribution is -0.384. The summed E-state index contributed by atoms with van der Waals surface area (Å²) in [6, 6.07) is 4.31. The Bertz CT molecular complexity index is 773. The van der Waals surface area contributed by atoms with Crippen LogP contribution in [0.25, 0.3) is 0 Å². The normalized spacial score (nSPS) is 22.5. The summed E-state index contributed by atoms with van der Waals surface area (Å²) in [4.78, 5) is 47.7. The Labute approximate surface area is 128 Å². The van der Waals surface area contributed by atoms with Crippen LogP contribution in [0.15, 0.2) is 29.4 Å². The molecule has 0 saturated carbocycles. The first-order valence-electron chi connectivity index (χ1n) is 6.50. The van der Waals surface area contributed by atoms with E-state index < -0.39 is 34.7 Å². The lowest BCUT2D eigenvalue weighted by Gasteiger charge is -2.15. The molecule has 2 aliphatic heterocycles. The molecule has 1 saturated heterocycles. The van der Waals surface area contributed by atoms with Crippen LogP contribution in [0, 0.1) is 16.0 Å². The SMILES string of the molecule is COC(=O)C1=NN[C@H]2C(=O)N(c3ccccc3[N+](=O)[O-])C(=O)[C@@H]12. The summed E-state index contributed by atoms with van der Waals surface area (Å²) in [7, 11) is 1.12. The fourth-order valence-corrected chi connectivity index (χ4v) is 2.61. The van der Waals surface area contributed by atoms with Crippen LogP contribution >= 0.6 is 0 Å². The number of esters is 1. The third-order valence-corrected chi connectivity index (χ3v) is 3.64. The number of hydrazone groups is 1. The fourth-order valence-electron chi connectivity index (χ4n) is 2.61. The predicted molar refractivity (Wildman–Crippen MR) is 75.5 cm³/mol. The summed E-state index contributed by atoms with van der Waals surface area (Å²) in [6.07, 6.45) is 0. The Hall–Kier alpha value is -3.30. The molecule has 0 aliphatic carbocycles. The zero-order valence-corrected chi connectivity index (χ0v) is 11.8. The quantitative estimate of drug-likeness (QED) is 0.346. The number of nitro benzene ring substituents is 1. The van der Waals surface area contributed by atoms with Gasteiger partial charge < -0.3 is 4.74 Å². The van der Waals surface area contributed by atoms with Gasteiger partial charge in [0.05, 0.1) is 12.0 Å². The van der Waals surface area contributed by atoms with Crippen LogP contribution in [0.1, 0.15) is 0 Å². The van der Waals surface area contributed by atoms with E-state index in [1.54, 1.807) is 0 Å². The lowest BCUT2D eigenvalue weighted by Crippen LogP contribution is -2.36. The van der Waals surface area contributed by atoms with Gasteiger partial charge in [0.2, 0.25) is 5.91 Å². The number of rotatable bonds is 3. The van der Waals surface area contributed by atoms with Crippen LogP contribution < -0.4 is 10.3 Å². The van der Waals surface area contributed by atoms with Gasteiger partial charge in [-0.2, -0.15) is 5.10 Å². The molecule has 1 aromatic carbocycles. The molecule has 0 spiro atoms. The second kappa shape index (κ2) is 5.16. The summed E-state index contributed by atoms with van der Waals surface area (Å²) >= 11 is 0. The van der Waals surface area contributed by atoms with E-state index in [1.807, 2.05) is 0 Å². The highest BCUT2D eigenvalue weighted by atomic mass is 16.6. The first-order valence-corrected chi connectivity index (χ1v) is 6.50. The van der Waals surface area contributed by atoms with Crippen LogP contribution in [0.4, 0.5) is 11.4 Å². The molecule has 2 atom stereocenters. The van der Waals surface area contributed by atoms with E-state index >= 15 is 0 Å². The molecule has 2 aliphatic rings. The lowest BCUT2D eigenvalue weighted by atomic mass is 9.99. The summed E-state index contributed by atoms with van der Waals surface area (Å²) in [5.74, 6) is -3.47. The number of nitrogens with zero attached hydrogens (tertiary/aromatic N) is 3. The molecule has 2 heterocycles. The number of carbonyl (C=O) groups excluding carboxylic acids is 3. The number of imide groups is 1. The van der Waals surface area contributed by atoms with E-state index in [2.05, 4.69) is 15.3 Å². The van der Waals surface area contributed by atoms with Gasteiger partial charge in [-0.25, -0.2) is 9.69 Å². The number of fused-ring (bicyclic) bond motifs is 1. The van der Waals surface area contributed by atoms with Crippen molar-refractivity contribution in [3.05, 3.63) is 34.4 Å². The Morgan fingerprint density at radius 2 is 2.04 bits per heavy atom. The molecule has 10 heteroatoms. The van der Waals surface area contributed by atoms with Gasteiger partial charge in [-0.1, -0.05) is 12.1 Å². The van der Waals surface area contributed by atoms with Gasteiger partial charge in [-0.05, 0) is 6.07 Å².